The van der Waals surface area contributed by atoms with E-state index in [0.29, 0.717) is 5.75 Å². The van der Waals surface area contributed by atoms with E-state index in [4.69, 9.17) is 0 Å². The number of hydrogen-bond acceptors (Lipinski definition) is 4. The van der Waals surface area contributed by atoms with Gasteiger partial charge in [-0.25, -0.2) is 0 Å². The summed E-state index contributed by atoms with van der Waals surface area (Å²) < 4.78 is 0. The molecular formula is C27H39N3O. The Kier molecular flexibility index (Phi) is 7.62. The van der Waals surface area contributed by atoms with Crippen LogP contribution < -0.4 is 0 Å². The molecule has 1 aliphatic carbocycles. The lowest BCUT2D eigenvalue weighted by atomic mass is 9.90. The van der Waals surface area contributed by atoms with Crippen LogP contribution in [-0.2, 0) is 13.1 Å². The van der Waals surface area contributed by atoms with Crippen LogP contribution in [0.1, 0.15) is 67.2 Å². The van der Waals surface area contributed by atoms with Gasteiger partial charge in [0.2, 0.25) is 0 Å². The topological polar surface area (TPSA) is 39.6 Å². The van der Waals surface area contributed by atoms with Crippen molar-refractivity contribution >= 4 is 0 Å². The van der Waals surface area contributed by atoms with Crippen molar-refractivity contribution in [1.82, 2.24) is 14.8 Å². The van der Waals surface area contributed by atoms with Gasteiger partial charge in [0.05, 0.1) is 0 Å². The molecule has 0 bridgehead atoms. The van der Waals surface area contributed by atoms with E-state index in [0.717, 1.165) is 42.7 Å². The van der Waals surface area contributed by atoms with Crippen molar-refractivity contribution in [3.8, 4) is 5.75 Å². The van der Waals surface area contributed by atoms with Crippen LogP contribution in [0.5, 0.6) is 5.75 Å². The van der Waals surface area contributed by atoms with Gasteiger partial charge in [0.25, 0.3) is 0 Å². The van der Waals surface area contributed by atoms with Crippen LogP contribution in [0.3, 0.4) is 0 Å². The predicted molar refractivity (Wildman–Crippen MR) is 127 cm³/mol. The van der Waals surface area contributed by atoms with E-state index in [-0.39, 0.29) is 0 Å². The quantitative estimate of drug-likeness (QED) is 0.645. The molecule has 0 amide bonds. The van der Waals surface area contributed by atoms with Gasteiger partial charge in [-0.05, 0) is 80.3 Å². The summed E-state index contributed by atoms with van der Waals surface area (Å²) in [5.41, 5.74) is 4.50. The Morgan fingerprint density at radius 3 is 2.45 bits per heavy atom. The SMILES string of the molecule is Cc1cc(CN(Cc2cccnc2)C[C@@H]2CCCN(C3CCCCC3)C2)cc(C)c1O. The van der Waals surface area contributed by atoms with Crippen molar-refractivity contribution in [2.24, 2.45) is 5.92 Å². The number of phenolic OH excluding ortho intramolecular Hbond substituents is 1. The molecule has 1 saturated carbocycles. The first kappa shape index (κ1) is 22.3. The molecule has 168 valence electrons. The Balaban J connectivity index is 1.46. The molecule has 31 heavy (non-hydrogen) atoms. The number of phenols is 1. The van der Waals surface area contributed by atoms with Gasteiger partial charge >= 0.3 is 0 Å². The van der Waals surface area contributed by atoms with Crippen molar-refractivity contribution in [2.75, 3.05) is 19.6 Å². The van der Waals surface area contributed by atoms with Crippen molar-refractivity contribution in [1.29, 1.82) is 0 Å². The smallest absolute Gasteiger partial charge is 0.121 e. The maximum atomic E-state index is 10.2. The molecule has 1 N–H and O–H groups in total. The average molecular weight is 422 g/mol. The number of aromatic nitrogens is 1. The van der Waals surface area contributed by atoms with E-state index in [1.807, 2.05) is 32.3 Å². The molecule has 2 heterocycles. The summed E-state index contributed by atoms with van der Waals surface area (Å²) in [6, 6.07) is 9.34. The van der Waals surface area contributed by atoms with Gasteiger partial charge in [0.1, 0.15) is 5.75 Å². The molecule has 1 aromatic carbocycles. The summed E-state index contributed by atoms with van der Waals surface area (Å²) in [6.45, 7) is 9.50. The van der Waals surface area contributed by atoms with Crippen molar-refractivity contribution in [2.45, 2.75) is 77.9 Å². The van der Waals surface area contributed by atoms with Crippen molar-refractivity contribution in [3.63, 3.8) is 0 Å². The van der Waals surface area contributed by atoms with Crippen LogP contribution in [0.4, 0.5) is 0 Å². The second kappa shape index (κ2) is 10.6. The molecule has 2 aromatic rings. The molecular weight excluding hydrogens is 382 g/mol. The number of rotatable bonds is 7. The lowest BCUT2D eigenvalue weighted by Crippen LogP contribution is -2.46. The van der Waals surface area contributed by atoms with Crippen LogP contribution in [0.15, 0.2) is 36.7 Å². The molecule has 1 saturated heterocycles. The minimum absolute atomic E-state index is 0.429. The summed E-state index contributed by atoms with van der Waals surface area (Å²) in [7, 11) is 0. The van der Waals surface area contributed by atoms with Gasteiger partial charge in [0.15, 0.2) is 0 Å². The van der Waals surface area contributed by atoms with E-state index in [1.165, 1.54) is 69.2 Å². The lowest BCUT2D eigenvalue weighted by Gasteiger charge is -2.41. The number of aryl methyl sites for hydroxylation is 2. The van der Waals surface area contributed by atoms with E-state index in [2.05, 4.69) is 33.0 Å². The molecule has 0 radical (unpaired) electrons. The zero-order valence-corrected chi connectivity index (χ0v) is 19.4. The second-order valence-electron chi connectivity index (χ2n) is 9.90. The molecule has 4 heteroatoms. The van der Waals surface area contributed by atoms with Crippen LogP contribution in [0, 0.1) is 19.8 Å². The molecule has 1 aromatic heterocycles. The third kappa shape index (κ3) is 6.08. The summed E-state index contributed by atoms with van der Waals surface area (Å²) in [6.07, 6.45) is 13.6. The first-order valence-corrected chi connectivity index (χ1v) is 12.2. The van der Waals surface area contributed by atoms with Crippen molar-refractivity contribution < 1.29 is 5.11 Å². The van der Waals surface area contributed by atoms with E-state index < -0.39 is 0 Å². The molecule has 2 fully saturated rings. The number of aromatic hydroxyl groups is 1. The molecule has 4 nitrogen and oxygen atoms in total. The largest absolute Gasteiger partial charge is 0.507 e. The van der Waals surface area contributed by atoms with Gasteiger partial charge in [-0.15, -0.1) is 0 Å². The molecule has 0 unspecified atom stereocenters. The minimum Gasteiger partial charge on any atom is -0.507 e. The summed E-state index contributed by atoms with van der Waals surface area (Å²) >= 11 is 0. The Hall–Kier alpha value is -1.91. The summed E-state index contributed by atoms with van der Waals surface area (Å²) in [5.74, 6) is 1.16. The maximum absolute atomic E-state index is 10.2. The highest BCUT2D eigenvalue weighted by Gasteiger charge is 2.28. The molecule has 1 atom stereocenters. The number of hydrogen-bond donors (Lipinski definition) is 1. The lowest BCUT2D eigenvalue weighted by molar-refractivity contribution is 0.0771. The summed E-state index contributed by atoms with van der Waals surface area (Å²) in [5, 5.41) is 10.2. The van der Waals surface area contributed by atoms with Gasteiger partial charge in [-0.1, -0.05) is 37.5 Å². The Morgan fingerprint density at radius 1 is 1.00 bits per heavy atom. The van der Waals surface area contributed by atoms with Crippen LogP contribution >= 0.6 is 0 Å². The van der Waals surface area contributed by atoms with Gasteiger partial charge in [0, 0.05) is 44.6 Å². The third-order valence-electron chi connectivity index (χ3n) is 7.24. The first-order valence-electron chi connectivity index (χ1n) is 12.2. The van der Waals surface area contributed by atoms with Crippen LogP contribution in [-0.4, -0.2) is 45.6 Å². The van der Waals surface area contributed by atoms with Gasteiger partial charge < -0.3 is 10.0 Å². The maximum Gasteiger partial charge on any atom is 0.121 e. The molecule has 2 aliphatic rings. The van der Waals surface area contributed by atoms with Crippen molar-refractivity contribution in [3.05, 3.63) is 58.9 Å². The Morgan fingerprint density at radius 2 is 1.74 bits per heavy atom. The highest BCUT2D eigenvalue weighted by molar-refractivity contribution is 5.42. The fourth-order valence-corrected chi connectivity index (χ4v) is 5.72. The van der Waals surface area contributed by atoms with E-state index >= 15 is 0 Å². The average Bonchev–Trinajstić information content (AvgIpc) is 2.79. The molecule has 1 aliphatic heterocycles. The predicted octanol–water partition coefficient (Wildman–Crippen LogP) is 5.45. The third-order valence-corrected chi connectivity index (χ3v) is 7.24. The van der Waals surface area contributed by atoms with Crippen LogP contribution in [0.25, 0.3) is 0 Å². The monoisotopic (exact) mass is 421 g/mol. The normalized spacial score (nSPS) is 20.9. The zero-order valence-electron chi connectivity index (χ0n) is 19.4. The highest BCUT2D eigenvalue weighted by Crippen LogP contribution is 2.29. The van der Waals surface area contributed by atoms with E-state index in [9.17, 15) is 5.11 Å². The van der Waals surface area contributed by atoms with Gasteiger partial charge in [-0.2, -0.15) is 0 Å². The highest BCUT2D eigenvalue weighted by atomic mass is 16.3. The number of benzene rings is 1. The zero-order chi connectivity index (χ0) is 21.6. The minimum atomic E-state index is 0.429. The summed E-state index contributed by atoms with van der Waals surface area (Å²) in [4.78, 5) is 9.74. The Labute approximate surface area is 188 Å². The van der Waals surface area contributed by atoms with E-state index in [1.54, 1.807) is 0 Å². The van der Waals surface area contributed by atoms with Gasteiger partial charge in [-0.3, -0.25) is 9.88 Å². The Bertz CT molecular complexity index is 809. The second-order valence-corrected chi connectivity index (χ2v) is 9.90. The fourth-order valence-electron chi connectivity index (χ4n) is 5.72. The molecule has 4 rings (SSSR count). The number of piperidine rings is 1. The number of likely N-dealkylation sites (tertiary alicyclic amines) is 1. The standard InChI is InChI=1S/C27H39N3O/c1-21-14-25(15-22(2)27(21)31)19-29(17-23-8-6-12-28-16-23)18-24-9-7-13-30(20-24)26-10-4-3-5-11-26/h6,8,12,14-16,24,26,31H,3-5,7,9-11,13,17-20H2,1-2H3/t24-/m0/s1. The first-order chi connectivity index (χ1) is 15.1. The number of pyridine rings is 1. The van der Waals surface area contributed by atoms with Crippen LogP contribution in [0.2, 0.25) is 0 Å². The molecule has 0 spiro atoms. The fraction of sp³-hybridized carbons (Fsp3) is 0.593. The number of nitrogens with zero attached hydrogens (tertiary/aromatic N) is 3.